The third kappa shape index (κ3) is 4.05. The Bertz CT molecular complexity index is 986. The number of sulfonamides is 1. The minimum Gasteiger partial charge on any atom is -0.465 e. The summed E-state index contributed by atoms with van der Waals surface area (Å²) in [5, 5.41) is 1.98. The van der Waals surface area contributed by atoms with Crippen molar-refractivity contribution < 1.29 is 22.7 Å². The molecule has 150 valence electrons. The fourth-order valence-electron chi connectivity index (χ4n) is 3.30. The molecule has 1 aliphatic heterocycles. The highest BCUT2D eigenvalue weighted by atomic mass is 32.2. The summed E-state index contributed by atoms with van der Waals surface area (Å²) in [6, 6.07) is 8.32. The lowest BCUT2D eigenvalue weighted by atomic mass is 10.1. The van der Waals surface area contributed by atoms with Crippen molar-refractivity contribution in [3.63, 3.8) is 0 Å². The van der Waals surface area contributed by atoms with Crippen molar-refractivity contribution in [2.24, 2.45) is 0 Å². The molecular weight excluding hydrogens is 400 g/mol. The van der Waals surface area contributed by atoms with Gasteiger partial charge in [-0.25, -0.2) is 13.2 Å². The summed E-state index contributed by atoms with van der Waals surface area (Å²) in [7, 11) is -0.935. The first kappa shape index (κ1) is 20.3. The molecule has 7 nitrogen and oxygen atoms in total. The van der Waals surface area contributed by atoms with Crippen molar-refractivity contribution in [1.82, 2.24) is 4.90 Å². The van der Waals surface area contributed by atoms with Gasteiger partial charge in [-0.3, -0.25) is 9.10 Å². The number of carbonyl (C=O) groups is 2. The fourth-order valence-corrected chi connectivity index (χ4v) is 4.66. The van der Waals surface area contributed by atoms with Gasteiger partial charge in [0.15, 0.2) is 0 Å². The molecule has 1 aromatic heterocycles. The first-order chi connectivity index (χ1) is 13.2. The van der Waals surface area contributed by atoms with Crippen LogP contribution in [0.5, 0.6) is 0 Å². The topological polar surface area (TPSA) is 84.0 Å². The van der Waals surface area contributed by atoms with Crippen LogP contribution in [0, 0.1) is 0 Å². The second kappa shape index (κ2) is 7.92. The molecule has 1 aromatic carbocycles. The molecule has 0 saturated carbocycles. The Balaban J connectivity index is 2.02. The molecule has 0 spiro atoms. The summed E-state index contributed by atoms with van der Waals surface area (Å²) in [4.78, 5) is 28.2. The number of hydrogen-bond donors (Lipinski definition) is 0. The van der Waals surface area contributed by atoms with Crippen LogP contribution in [0.25, 0.3) is 0 Å². The summed E-state index contributed by atoms with van der Waals surface area (Å²) >= 11 is 1.60. The number of carbonyl (C=O) groups excluding carboxylic acids is 2. The minimum atomic E-state index is -3.55. The molecular formula is C19H22N2O5S2. The summed E-state index contributed by atoms with van der Waals surface area (Å²) in [6.45, 7) is 0.612. The Hall–Kier alpha value is -2.39. The van der Waals surface area contributed by atoms with E-state index < -0.39 is 16.0 Å². The van der Waals surface area contributed by atoms with Crippen molar-refractivity contribution in [3.05, 3.63) is 51.7 Å². The lowest BCUT2D eigenvalue weighted by Crippen LogP contribution is -2.31. The molecule has 3 rings (SSSR count). The van der Waals surface area contributed by atoms with Crippen LogP contribution in [-0.4, -0.2) is 52.2 Å². The zero-order valence-electron chi connectivity index (χ0n) is 15.9. The maximum Gasteiger partial charge on any atom is 0.337 e. The monoisotopic (exact) mass is 422 g/mol. The Kier molecular flexibility index (Phi) is 5.76. The van der Waals surface area contributed by atoms with E-state index in [0.29, 0.717) is 6.54 Å². The number of anilines is 1. The zero-order chi connectivity index (χ0) is 20.5. The number of thiophene rings is 1. The molecule has 1 unspecified atom stereocenters. The predicted octanol–water partition coefficient (Wildman–Crippen LogP) is 2.91. The number of benzene rings is 1. The number of hydrogen-bond acceptors (Lipinski definition) is 6. The Morgan fingerprint density at radius 1 is 1.25 bits per heavy atom. The van der Waals surface area contributed by atoms with Crippen LogP contribution in [0.3, 0.4) is 0 Å². The van der Waals surface area contributed by atoms with Gasteiger partial charge in [0.05, 0.1) is 30.7 Å². The number of rotatable bonds is 5. The van der Waals surface area contributed by atoms with Crippen LogP contribution in [0.2, 0.25) is 0 Å². The summed E-state index contributed by atoms with van der Waals surface area (Å²) in [6.07, 6.45) is 2.83. The van der Waals surface area contributed by atoms with Crippen molar-refractivity contribution >= 4 is 38.9 Å². The summed E-state index contributed by atoms with van der Waals surface area (Å²) in [5.41, 5.74) is 0.628. The van der Waals surface area contributed by atoms with E-state index in [4.69, 9.17) is 4.74 Å². The van der Waals surface area contributed by atoms with Crippen molar-refractivity contribution in [2.75, 3.05) is 31.3 Å². The largest absolute Gasteiger partial charge is 0.465 e. The van der Waals surface area contributed by atoms with E-state index >= 15 is 0 Å². The van der Waals surface area contributed by atoms with Crippen LogP contribution >= 0.6 is 11.3 Å². The number of likely N-dealkylation sites (tertiary alicyclic amines) is 1. The summed E-state index contributed by atoms with van der Waals surface area (Å²) < 4.78 is 29.7. The van der Waals surface area contributed by atoms with E-state index in [2.05, 4.69) is 0 Å². The maximum atomic E-state index is 13.3. The Morgan fingerprint density at radius 2 is 1.96 bits per heavy atom. The molecule has 0 aliphatic carbocycles. The first-order valence-electron chi connectivity index (χ1n) is 8.74. The third-order valence-corrected chi connectivity index (χ3v) is 7.01. The van der Waals surface area contributed by atoms with Crippen LogP contribution in [0.15, 0.2) is 35.7 Å². The molecule has 1 fully saturated rings. The number of amides is 1. The van der Waals surface area contributed by atoms with Crippen LogP contribution in [0.1, 0.15) is 44.5 Å². The average molecular weight is 423 g/mol. The van der Waals surface area contributed by atoms with Gasteiger partial charge >= 0.3 is 5.97 Å². The number of methoxy groups -OCH3 is 1. The highest BCUT2D eigenvalue weighted by Crippen LogP contribution is 2.36. The van der Waals surface area contributed by atoms with E-state index in [0.717, 1.165) is 28.3 Å². The second-order valence-electron chi connectivity index (χ2n) is 6.66. The Labute approximate surface area is 168 Å². The second-order valence-corrected chi connectivity index (χ2v) is 9.66. The van der Waals surface area contributed by atoms with Crippen molar-refractivity contribution in [3.8, 4) is 0 Å². The van der Waals surface area contributed by atoms with Gasteiger partial charge in [0.1, 0.15) is 0 Å². The highest BCUT2D eigenvalue weighted by molar-refractivity contribution is 7.92. The molecule has 28 heavy (non-hydrogen) atoms. The van der Waals surface area contributed by atoms with E-state index in [1.807, 2.05) is 17.5 Å². The van der Waals surface area contributed by atoms with E-state index in [1.165, 1.54) is 32.4 Å². The Morgan fingerprint density at radius 3 is 2.57 bits per heavy atom. The SMILES string of the molecule is COC(=O)c1cc(C(=O)N2CCCC2c2cccs2)cc(N(C)S(C)(=O)=O)c1. The number of nitrogens with zero attached hydrogens (tertiary/aromatic N) is 2. The van der Waals surface area contributed by atoms with E-state index in [1.54, 1.807) is 16.2 Å². The van der Waals surface area contributed by atoms with Gasteiger partial charge in [0.25, 0.3) is 5.91 Å². The molecule has 2 aromatic rings. The maximum absolute atomic E-state index is 13.3. The summed E-state index contributed by atoms with van der Waals surface area (Å²) in [5.74, 6) is -0.862. The van der Waals surface area contributed by atoms with Crippen molar-refractivity contribution in [1.29, 1.82) is 0 Å². The van der Waals surface area contributed by atoms with Gasteiger partial charge in [-0.15, -0.1) is 11.3 Å². The van der Waals surface area contributed by atoms with Gasteiger partial charge in [0.2, 0.25) is 10.0 Å². The first-order valence-corrected chi connectivity index (χ1v) is 11.5. The molecule has 0 radical (unpaired) electrons. The standard InChI is InChI=1S/C19H22N2O5S2/c1-20(28(3,24)25)15-11-13(10-14(12-15)19(23)26-2)18(22)21-8-4-6-16(21)17-7-5-9-27-17/h5,7,9-12,16H,4,6,8H2,1-3H3. The zero-order valence-corrected chi connectivity index (χ0v) is 17.5. The van der Waals surface area contributed by atoms with Crippen LogP contribution in [-0.2, 0) is 14.8 Å². The molecule has 1 atom stereocenters. The molecule has 0 bridgehead atoms. The quantitative estimate of drug-likeness (QED) is 0.692. The predicted molar refractivity (Wildman–Crippen MR) is 108 cm³/mol. The molecule has 9 heteroatoms. The smallest absolute Gasteiger partial charge is 0.337 e. The van der Waals surface area contributed by atoms with Crippen LogP contribution in [0.4, 0.5) is 5.69 Å². The van der Waals surface area contributed by atoms with E-state index in [9.17, 15) is 18.0 Å². The minimum absolute atomic E-state index is 0.00892. The van der Waals surface area contributed by atoms with Gasteiger partial charge in [-0.1, -0.05) is 6.07 Å². The van der Waals surface area contributed by atoms with Crippen LogP contribution < -0.4 is 4.31 Å². The molecule has 0 N–H and O–H groups in total. The fraction of sp³-hybridized carbons (Fsp3) is 0.368. The van der Waals surface area contributed by atoms with Gasteiger partial charge in [0, 0.05) is 24.0 Å². The number of esters is 1. The molecule has 1 saturated heterocycles. The average Bonchev–Trinajstić information content (AvgIpc) is 3.36. The van der Waals surface area contributed by atoms with Gasteiger partial charge < -0.3 is 9.64 Å². The van der Waals surface area contributed by atoms with Gasteiger partial charge in [-0.2, -0.15) is 0 Å². The van der Waals surface area contributed by atoms with Gasteiger partial charge in [-0.05, 0) is 42.5 Å². The number of ether oxygens (including phenoxy) is 1. The lowest BCUT2D eigenvalue weighted by molar-refractivity contribution is 0.0600. The van der Waals surface area contributed by atoms with E-state index in [-0.39, 0.29) is 28.8 Å². The highest BCUT2D eigenvalue weighted by Gasteiger charge is 2.32. The molecule has 2 heterocycles. The van der Waals surface area contributed by atoms with Crippen molar-refractivity contribution in [2.45, 2.75) is 18.9 Å². The third-order valence-electron chi connectivity index (χ3n) is 4.83. The normalized spacial score (nSPS) is 16.8. The lowest BCUT2D eigenvalue weighted by Gasteiger charge is -2.25. The molecule has 1 amide bonds. The molecule has 1 aliphatic rings.